The Hall–Kier alpha value is -1.64. The maximum absolute atomic E-state index is 12.6. The second-order valence-electron chi connectivity index (χ2n) is 7.12. The minimum atomic E-state index is -3.74. The van der Waals surface area contributed by atoms with Gasteiger partial charge in [0.15, 0.2) is 6.61 Å². The SMILES string of the molecule is CCN(CC)S(=O)(=O)c1ccc(Cl)c(C(=O)OCC(=O)NCC2CCCCC2)c1. The molecule has 0 unspecified atom stereocenters. The second kappa shape index (κ2) is 10.9. The first kappa shape index (κ1) is 23.6. The molecule has 0 radical (unpaired) electrons. The largest absolute Gasteiger partial charge is 0.452 e. The minimum absolute atomic E-state index is 0.0423. The van der Waals surface area contributed by atoms with Crippen molar-refractivity contribution in [2.75, 3.05) is 26.2 Å². The number of halogens is 1. The fourth-order valence-electron chi connectivity index (χ4n) is 3.44. The molecule has 0 saturated heterocycles. The standard InChI is InChI=1S/C20H29ClN2O5S/c1-3-23(4-2)29(26,27)16-10-11-18(21)17(12-16)20(25)28-14-19(24)22-13-15-8-6-5-7-9-15/h10-12,15H,3-9,13-14H2,1-2H3,(H,22,24). The van der Waals surface area contributed by atoms with Gasteiger partial charge in [0.1, 0.15) is 0 Å². The molecule has 0 aromatic heterocycles. The Labute approximate surface area is 177 Å². The predicted molar refractivity (Wildman–Crippen MR) is 111 cm³/mol. The molecule has 1 saturated carbocycles. The second-order valence-corrected chi connectivity index (χ2v) is 9.46. The predicted octanol–water partition coefficient (Wildman–Crippen LogP) is 3.22. The summed E-state index contributed by atoms with van der Waals surface area (Å²) in [5, 5.41) is 2.85. The van der Waals surface area contributed by atoms with Crippen LogP contribution in [0.5, 0.6) is 0 Å². The number of carbonyl (C=O) groups is 2. The molecule has 0 aliphatic heterocycles. The molecule has 1 amide bonds. The van der Waals surface area contributed by atoms with Gasteiger partial charge < -0.3 is 10.1 Å². The smallest absolute Gasteiger partial charge is 0.340 e. The number of carbonyl (C=O) groups excluding carboxylic acids is 2. The quantitative estimate of drug-likeness (QED) is 0.590. The van der Waals surface area contributed by atoms with E-state index >= 15 is 0 Å². The normalized spacial score (nSPS) is 15.3. The Balaban J connectivity index is 1.98. The van der Waals surface area contributed by atoms with Crippen LogP contribution in [0.1, 0.15) is 56.3 Å². The molecule has 29 heavy (non-hydrogen) atoms. The number of sulfonamides is 1. The van der Waals surface area contributed by atoms with Crippen LogP contribution in [0, 0.1) is 5.92 Å². The Bertz CT molecular complexity index is 818. The van der Waals surface area contributed by atoms with Crippen molar-refractivity contribution in [2.45, 2.75) is 50.8 Å². The lowest BCUT2D eigenvalue weighted by molar-refractivity contribution is -0.124. The summed E-state index contributed by atoms with van der Waals surface area (Å²) >= 11 is 6.06. The van der Waals surface area contributed by atoms with Crippen molar-refractivity contribution in [1.29, 1.82) is 0 Å². The molecule has 0 bridgehead atoms. The number of esters is 1. The number of hydrogen-bond acceptors (Lipinski definition) is 5. The van der Waals surface area contributed by atoms with Crippen molar-refractivity contribution < 1.29 is 22.7 Å². The molecule has 162 valence electrons. The zero-order valence-corrected chi connectivity index (χ0v) is 18.5. The molecular formula is C20H29ClN2O5S. The fraction of sp³-hybridized carbons (Fsp3) is 0.600. The molecule has 1 aromatic carbocycles. The Morgan fingerprint density at radius 3 is 2.45 bits per heavy atom. The van der Waals surface area contributed by atoms with Gasteiger partial charge in [0.25, 0.3) is 5.91 Å². The van der Waals surface area contributed by atoms with E-state index in [0.29, 0.717) is 25.6 Å². The maximum atomic E-state index is 12.6. The van der Waals surface area contributed by atoms with Gasteiger partial charge >= 0.3 is 5.97 Å². The maximum Gasteiger partial charge on any atom is 0.340 e. The van der Waals surface area contributed by atoms with Crippen LogP contribution in [0.3, 0.4) is 0 Å². The summed E-state index contributed by atoms with van der Waals surface area (Å²) in [6, 6.07) is 3.89. The minimum Gasteiger partial charge on any atom is -0.452 e. The van der Waals surface area contributed by atoms with Crippen molar-refractivity contribution in [2.24, 2.45) is 5.92 Å². The molecule has 1 aromatic rings. The molecule has 0 spiro atoms. The molecular weight excluding hydrogens is 416 g/mol. The zero-order chi connectivity index (χ0) is 21.4. The first-order valence-corrected chi connectivity index (χ1v) is 11.8. The number of amides is 1. The van der Waals surface area contributed by atoms with Crippen LogP contribution < -0.4 is 5.32 Å². The van der Waals surface area contributed by atoms with Crippen LogP contribution in [-0.4, -0.2) is 50.8 Å². The van der Waals surface area contributed by atoms with Gasteiger partial charge in [-0.05, 0) is 37.0 Å². The van der Waals surface area contributed by atoms with Gasteiger partial charge in [-0.3, -0.25) is 4.79 Å². The van der Waals surface area contributed by atoms with Crippen LogP contribution in [0.25, 0.3) is 0 Å². The lowest BCUT2D eigenvalue weighted by Crippen LogP contribution is -2.33. The average Bonchev–Trinajstić information content (AvgIpc) is 2.72. The molecule has 2 rings (SSSR count). The van der Waals surface area contributed by atoms with Crippen LogP contribution >= 0.6 is 11.6 Å². The van der Waals surface area contributed by atoms with Crippen LogP contribution in [-0.2, 0) is 19.6 Å². The van der Waals surface area contributed by atoms with E-state index in [1.165, 1.54) is 41.8 Å². The van der Waals surface area contributed by atoms with Crippen LogP contribution in [0.4, 0.5) is 0 Å². The monoisotopic (exact) mass is 444 g/mol. The molecule has 1 N–H and O–H groups in total. The van der Waals surface area contributed by atoms with E-state index in [0.717, 1.165) is 12.8 Å². The van der Waals surface area contributed by atoms with Crippen molar-refractivity contribution in [3.05, 3.63) is 28.8 Å². The van der Waals surface area contributed by atoms with Gasteiger partial charge in [0.2, 0.25) is 10.0 Å². The molecule has 1 aliphatic rings. The first-order chi connectivity index (χ1) is 13.8. The van der Waals surface area contributed by atoms with E-state index in [-0.39, 0.29) is 21.4 Å². The summed E-state index contributed by atoms with van der Waals surface area (Å²) in [5.41, 5.74) is -0.0834. The van der Waals surface area contributed by atoms with Crippen LogP contribution in [0.15, 0.2) is 23.1 Å². The van der Waals surface area contributed by atoms with E-state index in [4.69, 9.17) is 16.3 Å². The fourth-order valence-corrected chi connectivity index (χ4v) is 5.12. The van der Waals surface area contributed by atoms with Gasteiger partial charge in [0.05, 0.1) is 15.5 Å². The zero-order valence-electron chi connectivity index (χ0n) is 16.9. The summed E-state index contributed by atoms with van der Waals surface area (Å²) < 4.78 is 31.6. The summed E-state index contributed by atoms with van der Waals surface area (Å²) in [6.07, 6.45) is 5.81. The van der Waals surface area contributed by atoms with E-state index < -0.39 is 22.6 Å². The number of rotatable bonds is 9. The van der Waals surface area contributed by atoms with Gasteiger partial charge in [-0.15, -0.1) is 0 Å². The van der Waals surface area contributed by atoms with E-state index in [1.807, 2.05) is 0 Å². The van der Waals surface area contributed by atoms with Gasteiger partial charge in [-0.1, -0.05) is 44.7 Å². The Morgan fingerprint density at radius 2 is 1.83 bits per heavy atom. The van der Waals surface area contributed by atoms with E-state index in [9.17, 15) is 18.0 Å². The first-order valence-electron chi connectivity index (χ1n) is 10.0. The third kappa shape index (κ3) is 6.42. The summed E-state index contributed by atoms with van der Waals surface area (Å²) in [4.78, 5) is 24.3. The summed E-state index contributed by atoms with van der Waals surface area (Å²) in [7, 11) is -3.74. The van der Waals surface area contributed by atoms with Crippen LogP contribution in [0.2, 0.25) is 5.02 Å². The van der Waals surface area contributed by atoms with Crippen molar-refractivity contribution >= 4 is 33.5 Å². The highest BCUT2D eigenvalue weighted by Crippen LogP contribution is 2.24. The lowest BCUT2D eigenvalue weighted by atomic mass is 9.89. The number of nitrogens with one attached hydrogen (secondary N) is 1. The van der Waals surface area contributed by atoms with Crippen molar-refractivity contribution in [3.63, 3.8) is 0 Å². The third-order valence-corrected chi connectivity index (χ3v) is 7.52. The number of benzene rings is 1. The third-order valence-electron chi connectivity index (χ3n) is 5.15. The average molecular weight is 445 g/mol. The van der Waals surface area contributed by atoms with Gasteiger partial charge in [-0.2, -0.15) is 4.31 Å². The van der Waals surface area contributed by atoms with Crippen molar-refractivity contribution in [1.82, 2.24) is 9.62 Å². The Morgan fingerprint density at radius 1 is 1.17 bits per heavy atom. The Kier molecular flexibility index (Phi) is 8.92. The van der Waals surface area contributed by atoms with Gasteiger partial charge in [-0.25, -0.2) is 13.2 Å². The van der Waals surface area contributed by atoms with E-state index in [2.05, 4.69) is 5.32 Å². The van der Waals surface area contributed by atoms with Crippen molar-refractivity contribution in [3.8, 4) is 0 Å². The van der Waals surface area contributed by atoms with E-state index in [1.54, 1.807) is 13.8 Å². The molecule has 9 heteroatoms. The highest BCUT2D eigenvalue weighted by atomic mass is 35.5. The van der Waals surface area contributed by atoms with Gasteiger partial charge in [0, 0.05) is 19.6 Å². The number of hydrogen-bond donors (Lipinski definition) is 1. The highest BCUT2D eigenvalue weighted by Gasteiger charge is 2.24. The highest BCUT2D eigenvalue weighted by molar-refractivity contribution is 7.89. The number of nitrogens with zero attached hydrogens (tertiary/aromatic N) is 1. The molecule has 0 heterocycles. The lowest BCUT2D eigenvalue weighted by Gasteiger charge is -2.21. The molecule has 7 nitrogen and oxygen atoms in total. The molecule has 1 fully saturated rings. The molecule has 0 atom stereocenters. The summed E-state index contributed by atoms with van der Waals surface area (Å²) in [6.45, 7) is 4.23. The number of ether oxygens (including phenoxy) is 1. The summed E-state index contributed by atoms with van der Waals surface area (Å²) in [5.74, 6) is -0.744. The topological polar surface area (TPSA) is 92.8 Å². The molecule has 1 aliphatic carbocycles.